The number of esters is 1. The predicted molar refractivity (Wildman–Crippen MR) is 102 cm³/mol. The lowest BCUT2D eigenvalue weighted by molar-refractivity contribution is 0.0526. The van der Waals surface area contributed by atoms with Gasteiger partial charge in [0.2, 0.25) is 0 Å². The Hall–Kier alpha value is -2.93. The van der Waals surface area contributed by atoms with Crippen LogP contribution in [0.2, 0.25) is 0 Å². The van der Waals surface area contributed by atoms with Crippen molar-refractivity contribution in [3.8, 4) is 0 Å². The summed E-state index contributed by atoms with van der Waals surface area (Å²) >= 11 is 0. The van der Waals surface area contributed by atoms with Crippen molar-refractivity contribution < 1.29 is 14.3 Å². The van der Waals surface area contributed by atoms with Crippen molar-refractivity contribution in [1.82, 2.24) is 9.88 Å². The molecule has 0 bridgehead atoms. The minimum Gasteiger partial charge on any atom is -0.462 e. The Kier molecular flexibility index (Phi) is 7.11. The predicted octanol–water partition coefficient (Wildman–Crippen LogP) is 2.48. The molecule has 1 aromatic heterocycles. The van der Waals surface area contributed by atoms with Crippen LogP contribution in [0.15, 0.2) is 42.6 Å². The standard InChI is InChI=1S/C19H24N4O3/c1-4-26-19(25)14-5-8-16(9-6-14)22-18(24)15-7-10-17(21-13-15)20-11-12-23(2)3/h5-10,13H,4,11-12H2,1-3H3,(H,20,21)(H,22,24). The number of amides is 1. The SMILES string of the molecule is CCOC(=O)c1ccc(NC(=O)c2ccc(NCCN(C)C)nc2)cc1. The van der Waals surface area contributed by atoms with Crippen molar-refractivity contribution in [2.24, 2.45) is 0 Å². The molecule has 1 aromatic carbocycles. The molecule has 7 heteroatoms. The Bertz CT molecular complexity index is 727. The Morgan fingerprint density at radius 1 is 1.08 bits per heavy atom. The van der Waals surface area contributed by atoms with Gasteiger partial charge in [0.05, 0.1) is 17.7 Å². The van der Waals surface area contributed by atoms with Crippen LogP contribution in [0.25, 0.3) is 0 Å². The lowest BCUT2D eigenvalue weighted by Crippen LogP contribution is -2.21. The first kappa shape index (κ1) is 19.4. The summed E-state index contributed by atoms with van der Waals surface area (Å²) in [6.45, 7) is 3.75. The highest BCUT2D eigenvalue weighted by Crippen LogP contribution is 2.13. The number of hydrogen-bond acceptors (Lipinski definition) is 6. The molecule has 7 nitrogen and oxygen atoms in total. The molecule has 0 saturated heterocycles. The first-order chi connectivity index (χ1) is 12.5. The van der Waals surface area contributed by atoms with Gasteiger partial charge in [-0.2, -0.15) is 0 Å². The van der Waals surface area contributed by atoms with Gasteiger partial charge in [-0.15, -0.1) is 0 Å². The molecule has 2 aromatic rings. The molecule has 0 spiro atoms. The number of benzene rings is 1. The van der Waals surface area contributed by atoms with Crippen LogP contribution in [0.3, 0.4) is 0 Å². The Balaban J connectivity index is 1.91. The van der Waals surface area contributed by atoms with E-state index in [2.05, 4.69) is 20.5 Å². The highest BCUT2D eigenvalue weighted by molar-refractivity contribution is 6.04. The largest absolute Gasteiger partial charge is 0.462 e. The molecule has 0 radical (unpaired) electrons. The fourth-order valence-corrected chi connectivity index (χ4v) is 2.15. The number of aromatic nitrogens is 1. The Morgan fingerprint density at radius 3 is 2.35 bits per heavy atom. The van der Waals surface area contributed by atoms with Gasteiger partial charge in [0.15, 0.2) is 0 Å². The number of rotatable bonds is 8. The smallest absolute Gasteiger partial charge is 0.338 e. The van der Waals surface area contributed by atoms with Crippen molar-refractivity contribution in [2.45, 2.75) is 6.92 Å². The van der Waals surface area contributed by atoms with Crippen LogP contribution in [0.4, 0.5) is 11.5 Å². The van der Waals surface area contributed by atoms with Crippen LogP contribution in [0, 0.1) is 0 Å². The van der Waals surface area contributed by atoms with Gasteiger partial charge in [0, 0.05) is 25.0 Å². The highest BCUT2D eigenvalue weighted by Gasteiger charge is 2.09. The van der Waals surface area contributed by atoms with E-state index in [1.807, 2.05) is 14.1 Å². The zero-order valence-electron chi connectivity index (χ0n) is 15.3. The molecule has 1 amide bonds. The molecule has 0 aliphatic heterocycles. The van der Waals surface area contributed by atoms with Crippen molar-refractivity contribution in [3.63, 3.8) is 0 Å². The molecule has 26 heavy (non-hydrogen) atoms. The molecular formula is C19H24N4O3. The van der Waals surface area contributed by atoms with E-state index in [4.69, 9.17) is 4.74 Å². The number of ether oxygens (including phenoxy) is 1. The first-order valence-corrected chi connectivity index (χ1v) is 8.42. The van der Waals surface area contributed by atoms with Crippen LogP contribution >= 0.6 is 0 Å². The number of nitrogens with zero attached hydrogens (tertiary/aromatic N) is 2. The van der Waals surface area contributed by atoms with E-state index in [0.29, 0.717) is 23.4 Å². The number of anilines is 2. The van der Waals surface area contributed by atoms with Gasteiger partial charge in [0.1, 0.15) is 5.82 Å². The van der Waals surface area contributed by atoms with Crippen LogP contribution in [-0.2, 0) is 4.74 Å². The summed E-state index contributed by atoms with van der Waals surface area (Å²) in [6, 6.07) is 10.0. The maximum atomic E-state index is 12.3. The van der Waals surface area contributed by atoms with E-state index < -0.39 is 0 Å². The van der Waals surface area contributed by atoms with Gasteiger partial charge in [-0.1, -0.05) is 0 Å². The summed E-state index contributed by atoms with van der Waals surface area (Å²) < 4.78 is 4.93. The summed E-state index contributed by atoms with van der Waals surface area (Å²) in [4.78, 5) is 30.2. The molecule has 138 valence electrons. The fraction of sp³-hybridized carbons (Fsp3) is 0.316. The molecule has 1 heterocycles. The molecule has 0 unspecified atom stereocenters. The van der Waals surface area contributed by atoms with Crippen LogP contribution in [0.1, 0.15) is 27.6 Å². The number of nitrogens with one attached hydrogen (secondary N) is 2. The normalized spacial score (nSPS) is 10.5. The number of carbonyl (C=O) groups is 2. The molecular weight excluding hydrogens is 332 g/mol. The molecule has 2 N–H and O–H groups in total. The van der Waals surface area contributed by atoms with Gasteiger partial charge in [-0.3, -0.25) is 4.79 Å². The zero-order valence-corrected chi connectivity index (χ0v) is 15.3. The topological polar surface area (TPSA) is 83.6 Å². The average Bonchev–Trinajstić information content (AvgIpc) is 2.63. The van der Waals surface area contributed by atoms with E-state index >= 15 is 0 Å². The first-order valence-electron chi connectivity index (χ1n) is 8.42. The average molecular weight is 356 g/mol. The number of pyridine rings is 1. The maximum Gasteiger partial charge on any atom is 0.338 e. The van der Waals surface area contributed by atoms with Gasteiger partial charge in [0.25, 0.3) is 5.91 Å². The summed E-state index contributed by atoms with van der Waals surface area (Å²) in [6.07, 6.45) is 1.53. The van der Waals surface area contributed by atoms with Gasteiger partial charge >= 0.3 is 5.97 Å². The van der Waals surface area contributed by atoms with Crippen LogP contribution < -0.4 is 10.6 Å². The lowest BCUT2D eigenvalue weighted by atomic mass is 10.2. The third kappa shape index (κ3) is 5.86. The third-order valence-corrected chi connectivity index (χ3v) is 3.54. The number of hydrogen-bond donors (Lipinski definition) is 2. The summed E-state index contributed by atoms with van der Waals surface area (Å²) in [5.41, 5.74) is 1.49. The van der Waals surface area contributed by atoms with E-state index in [0.717, 1.165) is 18.9 Å². The Labute approximate surface area is 153 Å². The lowest BCUT2D eigenvalue weighted by Gasteiger charge is -2.11. The van der Waals surface area contributed by atoms with Crippen LogP contribution in [-0.4, -0.2) is 55.6 Å². The number of likely N-dealkylation sites (N-methyl/N-ethyl adjacent to an activating group) is 1. The molecule has 0 fully saturated rings. The van der Waals surface area contributed by atoms with Gasteiger partial charge < -0.3 is 20.3 Å². The van der Waals surface area contributed by atoms with Crippen molar-refractivity contribution in [1.29, 1.82) is 0 Å². The zero-order chi connectivity index (χ0) is 18.9. The highest BCUT2D eigenvalue weighted by atomic mass is 16.5. The van der Waals surface area contributed by atoms with Crippen molar-refractivity contribution in [2.75, 3.05) is 44.4 Å². The van der Waals surface area contributed by atoms with Gasteiger partial charge in [-0.05, 0) is 57.4 Å². The molecule has 2 rings (SSSR count). The van der Waals surface area contributed by atoms with Crippen LogP contribution in [0.5, 0.6) is 0 Å². The Morgan fingerprint density at radius 2 is 1.77 bits per heavy atom. The summed E-state index contributed by atoms with van der Waals surface area (Å²) in [5.74, 6) is 0.0790. The van der Waals surface area contributed by atoms with Gasteiger partial charge in [-0.25, -0.2) is 9.78 Å². The van der Waals surface area contributed by atoms with E-state index in [-0.39, 0.29) is 11.9 Å². The number of carbonyl (C=O) groups excluding carboxylic acids is 2. The molecule has 0 atom stereocenters. The maximum absolute atomic E-state index is 12.3. The minimum atomic E-state index is -0.382. The second kappa shape index (κ2) is 9.53. The fourth-order valence-electron chi connectivity index (χ4n) is 2.15. The molecule has 0 aliphatic carbocycles. The quantitative estimate of drug-likeness (QED) is 0.707. The second-order valence-electron chi connectivity index (χ2n) is 5.91. The van der Waals surface area contributed by atoms with Crippen molar-refractivity contribution >= 4 is 23.4 Å². The third-order valence-electron chi connectivity index (χ3n) is 3.54. The minimum absolute atomic E-state index is 0.263. The molecule has 0 saturated carbocycles. The summed E-state index contributed by atoms with van der Waals surface area (Å²) in [7, 11) is 4.00. The van der Waals surface area contributed by atoms with Crippen molar-refractivity contribution in [3.05, 3.63) is 53.7 Å². The van der Waals surface area contributed by atoms with E-state index in [1.54, 1.807) is 43.3 Å². The second-order valence-corrected chi connectivity index (χ2v) is 5.91. The van der Waals surface area contributed by atoms with E-state index in [9.17, 15) is 9.59 Å². The van der Waals surface area contributed by atoms with E-state index in [1.165, 1.54) is 6.20 Å². The molecule has 0 aliphatic rings. The summed E-state index contributed by atoms with van der Waals surface area (Å²) in [5, 5.41) is 5.97. The monoisotopic (exact) mass is 356 g/mol.